The number of benzene rings is 1. The molecule has 0 aliphatic heterocycles. The first-order valence-electron chi connectivity index (χ1n) is 9.51. The lowest BCUT2D eigenvalue weighted by molar-refractivity contribution is -0.123. The van der Waals surface area contributed by atoms with Gasteiger partial charge in [-0.05, 0) is 56.4 Å². The lowest BCUT2D eigenvalue weighted by Gasteiger charge is -2.14. The number of fused-ring (bicyclic) bond motifs is 1. The Labute approximate surface area is 173 Å². The van der Waals surface area contributed by atoms with Gasteiger partial charge in [0.25, 0.3) is 5.91 Å². The monoisotopic (exact) mass is 416 g/mol. The van der Waals surface area contributed by atoms with Gasteiger partial charge in [-0.15, -0.1) is 11.3 Å². The van der Waals surface area contributed by atoms with Gasteiger partial charge in [-0.2, -0.15) is 0 Å². The molecular weight excluding hydrogens is 392 g/mol. The van der Waals surface area contributed by atoms with E-state index in [0.29, 0.717) is 16.3 Å². The van der Waals surface area contributed by atoms with Crippen molar-refractivity contribution in [2.24, 2.45) is 0 Å². The number of thiophene rings is 1. The molecule has 0 fully saturated rings. The fourth-order valence-electron chi connectivity index (χ4n) is 3.31. The standard InChI is InChI=1S/C21H24N2O5S/c1-12(28-20(25)13-7-6-8-14(22)11-13)18(24)23-19-17(21(26)27-2)15-9-4-3-5-10-16(15)29-19/h6-8,11-12H,3-5,9-10,22H2,1-2H3,(H,23,24). The number of aryl methyl sites for hydroxylation is 1. The Balaban J connectivity index is 1.76. The molecule has 1 aromatic heterocycles. The topological polar surface area (TPSA) is 108 Å². The van der Waals surface area contributed by atoms with Crippen LogP contribution in [0.2, 0.25) is 0 Å². The third kappa shape index (κ3) is 4.76. The maximum absolute atomic E-state index is 12.6. The molecule has 8 heteroatoms. The van der Waals surface area contributed by atoms with Crippen LogP contribution in [-0.4, -0.2) is 31.1 Å². The van der Waals surface area contributed by atoms with Gasteiger partial charge >= 0.3 is 11.9 Å². The minimum absolute atomic E-state index is 0.266. The third-order valence-electron chi connectivity index (χ3n) is 4.82. The van der Waals surface area contributed by atoms with Crippen LogP contribution in [0.1, 0.15) is 57.3 Å². The first-order valence-corrected chi connectivity index (χ1v) is 10.3. The SMILES string of the molecule is COC(=O)c1c(NC(=O)C(C)OC(=O)c2cccc(N)c2)sc2c1CCCCC2. The van der Waals surface area contributed by atoms with Gasteiger partial charge in [0, 0.05) is 10.6 Å². The highest BCUT2D eigenvalue weighted by atomic mass is 32.1. The second kappa shape index (κ2) is 9.09. The quantitative estimate of drug-likeness (QED) is 0.438. The van der Waals surface area contributed by atoms with E-state index in [0.717, 1.165) is 42.5 Å². The number of carbonyl (C=O) groups is 3. The molecule has 1 amide bonds. The first-order chi connectivity index (χ1) is 13.9. The highest BCUT2D eigenvalue weighted by Gasteiger charge is 2.28. The van der Waals surface area contributed by atoms with Gasteiger partial charge in [-0.25, -0.2) is 9.59 Å². The van der Waals surface area contributed by atoms with Crippen molar-refractivity contribution in [1.82, 2.24) is 0 Å². The molecule has 29 heavy (non-hydrogen) atoms. The van der Waals surface area contributed by atoms with Crippen LogP contribution < -0.4 is 11.1 Å². The molecule has 3 N–H and O–H groups in total. The fourth-order valence-corrected chi connectivity index (χ4v) is 4.59. The predicted octanol–water partition coefficient (Wildman–Crippen LogP) is 3.57. The number of esters is 2. The smallest absolute Gasteiger partial charge is 0.341 e. The van der Waals surface area contributed by atoms with Crippen LogP contribution >= 0.6 is 11.3 Å². The molecule has 154 valence electrons. The molecule has 0 radical (unpaired) electrons. The Bertz CT molecular complexity index is 937. The molecule has 1 unspecified atom stereocenters. The van der Waals surface area contributed by atoms with Crippen molar-refractivity contribution in [2.45, 2.75) is 45.1 Å². The number of nitrogen functional groups attached to an aromatic ring is 1. The van der Waals surface area contributed by atoms with Crippen molar-refractivity contribution in [2.75, 3.05) is 18.2 Å². The number of carbonyl (C=O) groups excluding carboxylic acids is 3. The molecule has 3 rings (SSSR count). The minimum Gasteiger partial charge on any atom is -0.465 e. The van der Waals surface area contributed by atoms with Gasteiger partial charge in [0.2, 0.25) is 0 Å². The fraction of sp³-hybridized carbons (Fsp3) is 0.381. The predicted molar refractivity (Wildman–Crippen MR) is 111 cm³/mol. The highest BCUT2D eigenvalue weighted by molar-refractivity contribution is 7.17. The Kier molecular flexibility index (Phi) is 6.53. The summed E-state index contributed by atoms with van der Waals surface area (Å²) in [5, 5.41) is 3.19. The Morgan fingerprint density at radius 3 is 2.62 bits per heavy atom. The number of amides is 1. The summed E-state index contributed by atoms with van der Waals surface area (Å²) in [6, 6.07) is 6.34. The van der Waals surface area contributed by atoms with E-state index in [4.69, 9.17) is 15.2 Å². The molecule has 1 aromatic carbocycles. The summed E-state index contributed by atoms with van der Waals surface area (Å²) in [4.78, 5) is 38.3. The van der Waals surface area contributed by atoms with Gasteiger partial charge in [-0.3, -0.25) is 4.79 Å². The Morgan fingerprint density at radius 2 is 1.90 bits per heavy atom. The van der Waals surface area contributed by atoms with Crippen LogP contribution in [0, 0.1) is 0 Å². The van der Waals surface area contributed by atoms with E-state index in [2.05, 4.69) is 5.32 Å². The molecular formula is C21H24N2O5S. The summed E-state index contributed by atoms with van der Waals surface area (Å²) in [5.74, 6) is -1.62. The average molecular weight is 416 g/mol. The van der Waals surface area contributed by atoms with Crippen molar-refractivity contribution in [3.63, 3.8) is 0 Å². The van der Waals surface area contributed by atoms with Gasteiger partial charge in [0.15, 0.2) is 6.10 Å². The summed E-state index contributed by atoms with van der Waals surface area (Å²) in [5.41, 5.74) is 7.74. The van der Waals surface area contributed by atoms with E-state index >= 15 is 0 Å². The Hall–Kier alpha value is -2.87. The summed E-state index contributed by atoms with van der Waals surface area (Å²) in [6.07, 6.45) is 3.77. The maximum Gasteiger partial charge on any atom is 0.341 e. The number of methoxy groups -OCH3 is 1. The van der Waals surface area contributed by atoms with Crippen LogP contribution in [0.15, 0.2) is 24.3 Å². The summed E-state index contributed by atoms with van der Waals surface area (Å²) in [7, 11) is 1.32. The van der Waals surface area contributed by atoms with Gasteiger partial charge in [0.05, 0.1) is 18.2 Å². The zero-order chi connectivity index (χ0) is 21.0. The van der Waals surface area contributed by atoms with E-state index in [-0.39, 0.29) is 5.56 Å². The van der Waals surface area contributed by atoms with Gasteiger partial charge < -0.3 is 20.5 Å². The molecule has 1 aliphatic rings. The van der Waals surface area contributed by atoms with Crippen LogP contribution in [-0.2, 0) is 27.1 Å². The largest absolute Gasteiger partial charge is 0.465 e. The van der Waals surface area contributed by atoms with E-state index in [9.17, 15) is 14.4 Å². The second-order valence-electron chi connectivity index (χ2n) is 6.92. The van der Waals surface area contributed by atoms with Gasteiger partial charge in [0.1, 0.15) is 5.00 Å². The summed E-state index contributed by atoms with van der Waals surface area (Å²) >= 11 is 1.39. The van der Waals surface area contributed by atoms with Crippen molar-refractivity contribution in [3.05, 3.63) is 45.8 Å². The minimum atomic E-state index is -1.05. The second-order valence-corrected chi connectivity index (χ2v) is 8.03. The average Bonchev–Trinajstić information content (AvgIpc) is 2.87. The molecule has 0 saturated carbocycles. The zero-order valence-corrected chi connectivity index (χ0v) is 17.3. The van der Waals surface area contributed by atoms with E-state index in [1.807, 2.05) is 0 Å². The Morgan fingerprint density at radius 1 is 1.14 bits per heavy atom. The number of nitrogens with one attached hydrogen (secondary N) is 1. The third-order valence-corrected chi connectivity index (χ3v) is 6.03. The van der Waals surface area contributed by atoms with Crippen molar-refractivity contribution >= 4 is 39.9 Å². The lowest BCUT2D eigenvalue weighted by atomic mass is 10.1. The van der Waals surface area contributed by atoms with E-state index in [1.165, 1.54) is 31.4 Å². The molecule has 2 aromatic rings. The van der Waals surface area contributed by atoms with Crippen molar-refractivity contribution in [1.29, 1.82) is 0 Å². The van der Waals surface area contributed by atoms with Crippen LogP contribution in [0.25, 0.3) is 0 Å². The van der Waals surface area contributed by atoms with Crippen LogP contribution in [0.4, 0.5) is 10.7 Å². The number of rotatable bonds is 5. The number of nitrogens with two attached hydrogens (primary N) is 1. The zero-order valence-electron chi connectivity index (χ0n) is 16.4. The molecule has 0 spiro atoms. The molecule has 1 atom stereocenters. The van der Waals surface area contributed by atoms with Gasteiger partial charge in [-0.1, -0.05) is 12.5 Å². The maximum atomic E-state index is 12.6. The molecule has 0 bridgehead atoms. The number of anilines is 2. The number of hydrogen-bond donors (Lipinski definition) is 2. The van der Waals surface area contributed by atoms with Crippen molar-refractivity contribution in [3.8, 4) is 0 Å². The van der Waals surface area contributed by atoms with Crippen LogP contribution in [0.5, 0.6) is 0 Å². The van der Waals surface area contributed by atoms with E-state index < -0.39 is 23.9 Å². The number of ether oxygens (including phenoxy) is 2. The lowest BCUT2D eigenvalue weighted by Crippen LogP contribution is -2.30. The normalized spacial score (nSPS) is 14.3. The first kappa shape index (κ1) is 20.9. The molecule has 1 heterocycles. The van der Waals surface area contributed by atoms with Crippen molar-refractivity contribution < 1.29 is 23.9 Å². The summed E-state index contributed by atoms with van der Waals surface area (Å²) in [6.45, 7) is 1.48. The van der Waals surface area contributed by atoms with Crippen LogP contribution in [0.3, 0.4) is 0 Å². The highest BCUT2D eigenvalue weighted by Crippen LogP contribution is 2.38. The van der Waals surface area contributed by atoms with E-state index in [1.54, 1.807) is 18.2 Å². The molecule has 7 nitrogen and oxygen atoms in total. The number of hydrogen-bond acceptors (Lipinski definition) is 7. The molecule has 1 aliphatic carbocycles. The molecule has 0 saturated heterocycles. The summed E-state index contributed by atoms with van der Waals surface area (Å²) < 4.78 is 10.2.